The van der Waals surface area contributed by atoms with E-state index in [4.69, 9.17) is 0 Å². The minimum atomic E-state index is -0.209. The predicted octanol–water partition coefficient (Wildman–Crippen LogP) is 11.5. The second-order valence-electron chi connectivity index (χ2n) is 23.0. The molecule has 342 valence electrons. The van der Waals surface area contributed by atoms with E-state index in [1.807, 2.05) is 0 Å². The van der Waals surface area contributed by atoms with Crippen LogP contribution in [0, 0.1) is 51.8 Å². The Hall–Kier alpha value is -3.38. The van der Waals surface area contributed by atoms with Gasteiger partial charge in [0.25, 0.3) is 0 Å². The third-order valence-corrected chi connectivity index (χ3v) is 20.9. The largest absolute Gasteiger partial charge is 0.361 e. The monoisotopic (exact) mass is 887 g/mol. The predicted molar refractivity (Wildman–Crippen MR) is 267 cm³/mol. The quantitative estimate of drug-likeness (QED) is 0.255. The summed E-state index contributed by atoms with van der Waals surface area (Å²) in [6, 6.07) is 15.6. The number of rotatable bonds is 5. The van der Waals surface area contributed by atoms with Crippen molar-refractivity contribution >= 4 is 11.8 Å². The molecule has 15 unspecified atom stereocenters. The summed E-state index contributed by atoms with van der Waals surface area (Å²) in [6.45, 7) is 10.3. The molecule has 7 heteroatoms. The summed E-state index contributed by atoms with van der Waals surface area (Å²) >= 11 is 2.23. The minimum Gasteiger partial charge on any atom is -0.361 e. The van der Waals surface area contributed by atoms with Crippen molar-refractivity contribution in [3.63, 3.8) is 0 Å². The normalized spacial score (nSPS) is 42.5. The SMILES string of the molecule is CC1(C)C2=C(CCCC2)N(C2CC(N3C4C=CC=CC4C(C)(C)C4CCCCC43)C(C#N)C=C2C2NC(C3=CCC4SC5CC=CCC5C4=C3)NC(c3ccccc3)N2)C2C=CCCC21. The maximum absolute atomic E-state index is 11.6. The Bertz CT molecular complexity index is 2300. The van der Waals surface area contributed by atoms with Crippen molar-refractivity contribution in [2.75, 3.05) is 0 Å². The number of fused-ring (bicyclic) bond motifs is 6. The van der Waals surface area contributed by atoms with E-state index in [0.717, 1.165) is 19.3 Å². The van der Waals surface area contributed by atoms with Crippen molar-refractivity contribution in [2.45, 2.75) is 177 Å². The van der Waals surface area contributed by atoms with Crippen molar-refractivity contribution < 1.29 is 0 Å². The Morgan fingerprint density at radius 3 is 2.43 bits per heavy atom. The molecule has 3 saturated heterocycles. The van der Waals surface area contributed by atoms with Gasteiger partial charge in [0.1, 0.15) is 0 Å². The highest BCUT2D eigenvalue weighted by molar-refractivity contribution is 8.01. The lowest BCUT2D eigenvalue weighted by molar-refractivity contribution is -0.106. The van der Waals surface area contributed by atoms with Crippen molar-refractivity contribution in [3.8, 4) is 6.07 Å². The molecule has 4 aliphatic heterocycles. The Kier molecular flexibility index (Phi) is 11.2. The number of likely N-dealkylation sites (tertiary alicyclic amines) is 1. The number of nitrogens with one attached hydrogen (secondary N) is 3. The smallest absolute Gasteiger partial charge is 0.0864 e. The van der Waals surface area contributed by atoms with Crippen LogP contribution in [0.3, 0.4) is 0 Å². The minimum absolute atomic E-state index is 0.0257. The molecular weight excluding hydrogens is 813 g/mol. The molecule has 15 atom stereocenters. The third-order valence-electron chi connectivity index (χ3n) is 19.3. The molecule has 6 nitrogen and oxygen atoms in total. The molecule has 1 saturated carbocycles. The molecule has 3 N–H and O–H groups in total. The summed E-state index contributed by atoms with van der Waals surface area (Å²) in [5, 5.41) is 25.6. The highest BCUT2D eigenvalue weighted by Crippen LogP contribution is 2.58. The summed E-state index contributed by atoms with van der Waals surface area (Å²) in [5.41, 5.74) is 9.46. The maximum Gasteiger partial charge on any atom is 0.0864 e. The molecular formula is C58H74N6S. The zero-order chi connectivity index (χ0) is 44.0. The van der Waals surface area contributed by atoms with Crippen LogP contribution in [0.5, 0.6) is 0 Å². The lowest BCUT2D eigenvalue weighted by atomic mass is 9.55. The number of benzene rings is 1. The number of nitriles is 1. The van der Waals surface area contributed by atoms with E-state index >= 15 is 0 Å². The molecule has 0 bridgehead atoms. The van der Waals surface area contributed by atoms with Gasteiger partial charge in [0.2, 0.25) is 0 Å². The van der Waals surface area contributed by atoms with Crippen LogP contribution in [0.1, 0.15) is 129 Å². The van der Waals surface area contributed by atoms with Crippen LogP contribution in [0.15, 0.2) is 125 Å². The van der Waals surface area contributed by atoms with E-state index in [0.29, 0.717) is 52.3 Å². The lowest BCUT2D eigenvalue weighted by Gasteiger charge is -2.63. The molecule has 65 heavy (non-hydrogen) atoms. The number of allylic oxidation sites excluding steroid dienone is 8. The molecule has 1 aromatic rings. The summed E-state index contributed by atoms with van der Waals surface area (Å²) in [4.78, 5) is 6.00. The first-order chi connectivity index (χ1) is 31.7. The van der Waals surface area contributed by atoms with Crippen LogP contribution in [0.25, 0.3) is 0 Å². The van der Waals surface area contributed by atoms with Gasteiger partial charge in [-0.25, -0.2) is 0 Å². The van der Waals surface area contributed by atoms with Gasteiger partial charge in [0, 0.05) is 40.2 Å². The molecule has 4 fully saturated rings. The van der Waals surface area contributed by atoms with Crippen LogP contribution in [0.4, 0.5) is 0 Å². The summed E-state index contributed by atoms with van der Waals surface area (Å²) in [7, 11) is 0. The fraction of sp³-hybridized carbons (Fsp3) is 0.603. The lowest BCUT2D eigenvalue weighted by Crippen LogP contribution is -2.69. The van der Waals surface area contributed by atoms with Gasteiger partial charge in [-0.1, -0.05) is 143 Å². The molecule has 0 radical (unpaired) electrons. The van der Waals surface area contributed by atoms with E-state index in [2.05, 4.69) is 168 Å². The fourth-order valence-corrected chi connectivity index (χ4v) is 17.8. The first kappa shape index (κ1) is 42.9. The summed E-state index contributed by atoms with van der Waals surface area (Å²) in [6.07, 6.45) is 44.1. The Morgan fingerprint density at radius 1 is 0.754 bits per heavy atom. The van der Waals surface area contributed by atoms with Gasteiger partial charge >= 0.3 is 0 Å². The maximum atomic E-state index is 11.6. The van der Waals surface area contributed by atoms with Crippen LogP contribution in [-0.2, 0) is 0 Å². The molecule has 12 rings (SSSR count). The average molecular weight is 887 g/mol. The third kappa shape index (κ3) is 7.16. The first-order valence-electron chi connectivity index (χ1n) is 26.2. The molecule has 7 aliphatic carbocycles. The number of thioether (sulfide) groups is 1. The van der Waals surface area contributed by atoms with E-state index in [1.165, 1.54) is 87.3 Å². The molecule has 0 amide bonds. The summed E-state index contributed by atoms with van der Waals surface area (Å²) in [5.74, 6) is 2.08. The van der Waals surface area contributed by atoms with Crippen LogP contribution >= 0.6 is 11.8 Å². The van der Waals surface area contributed by atoms with E-state index < -0.39 is 0 Å². The fourth-order valence-electron chi connectivity index (χ4n) is 16.1. The van der Waals surface area contributed by atoms with Gasteiger partial charge in [-0.3, -0.25) is 20.9 Å². The van der Waals surface area contributed by atoms with E-state index in [-0.39, 0.29) is 47.3 Å². The van der Waals surface area contributed by atoms with Gasteiger partial charge in [0.05, 0.1) is 42.6 Å². The topological polar surface area (TPSA) is 66.4 Å². The molecule has 11 aliphatic rings. The van der Waals surface area contributed by atoms with Crippen LogP contribution < -0.4 is 16.0 Å². The van der Waals surface area contributed by atoms with Gasteiger partial charge in [0.15, 0.2) is 0 Å². The van der Waals surface area contributed by atoms with Gasteiger partial charge in [-0.05, 0) is 128 Å². The number of piperidine rings is 1. The highest BCUT2D eigenvalue weighted by atomic mass is 32.2. The van der Waals surface area contributed by atoms with Gasteiger partial charge in [-0.15, -0.1) is 11.8 Å². The standard InChI is InChI=1S/C58H74N6S/c1-57(2)42-21-9-13-25-46(42)63(47-26-14-10-22-43(47)57)50-34-51(64-48-27-15-11-23-44(48)58(3,4)45-24-12-16-28-49(45)64)41(33-38(50)35-59)56-61-54(36-18-6-5-7-19-36)60-55(62-56)37-30-31-53-40(32-37)39-20-8-17-29-52(39)65-53/h5-9,13,15,17-19,21,25,27,30,32-33,38-39,42-44,46-48,50-56,60-62H,10-12,14,16,20,22-24,26,28-29,31,34H2,1-4H3. The van der Waals surface area contributed by atoms with E-state index in [9.17, 15) is 5.26 Å². The molecule has 4 heterocycles. The Labute approximate surface area is 395 Å². The van der Waals surface area contributed by atoms with Crippen molar-refractivity contribution in [3.05, 3.63) is 131 Å². The molecule has 0 aromatic heterocycles. The Balaban J connectivity index is 0.993. The zero-order valence-electron chi connectivity index (χ0n) is 39.5. The average Bonchev–Trinajstić information content (AvgIpc) is 3.72. The molecule has 0 spiro atoms. The van der Waals surface area contributed by atoms with Crippen LogP contribution in [-0.4, -0.2) is 62.8 Å². The number of nitrogens with zero attached hydrogens (tertiary/aromatic N) is 3. The molecule has 1 aromatic carbocycles. The van der Waals surface area contributed by atoms with Crippen LogP contribution in [0.2, 0.25) is 0 Å². The number of hydrogen-bond acceptors (Lipinski definition) is 7. The van der Waals surface area contributed by atoms with Crippen molar-refractivity contribution in [1.82, 2.24) is 25.8 Å². The van der Waals surface area contributed by atoms with Gasteiger partial charge in [-0.2, -0.15) is 5.26 Å². The van der Waals surface area contributed by atoms with E-state index in [1.54, 1.807) is 16.8 Å². The highest BCUT2D eigenvalue weighted by Gasteiger charge is 2.58. The second kappa shape index (κ2) is 17.0. The first-order valence-corrected chi connectivity index (χ1v) is 27.1. The Morgan fingerprint density at radius 2 is 1.55 bits per heavy atom. The second-order valence-corrected chi connectivity index (χ2v) is 24.5. The van der Waals surface area contributed by atoms with Crippen molar-refractivity contribution in [1.29, 1.82) is 5.26 Å². The zero-order valence-corrected chi connectivity index (χ0v) is 40.4. The summed E-state index contributed by atoms with van der Waals surface area (Å²) < 4.78 is 0. The van der Waals surface area contributed by atoms with Crippen molar-refractivity contribution in [2.24, 2.45) is 40.4 Å². The number of hydrogen-bond donors (Lipinski definition) is 3. The van der Waals surface area contributed by atoms with Gasteiger partial charge < -0.3 is 4.90 Å².